The molecule has 3 aromatic rings. The molecule has 0 spiro atoms. The summed E-state index contributed by atoms with van der Waals surface area (Å²) in [7, 11) is 0. The first-order valence-corrected chi connectivity index (χ1v) is 8.22. The Morgan fingerprint density at radius 1 is 1.17 bits per heavy atom. The first kappa shape index (κ1) is 14.8. The zero-order chi connectivity index (χ0) is 16.2. The number of nitrogens with zero attached hydrogens (tertiary/aromatic N) is 4. The molecule has 0 radical (unpaired) electrons. The molecular formula is C18H20N6. The van der Waals surface area contributed by atoms with Gasteiger partial charge in [0.15, 0.2) is 0 Å². The van der Waals surface area contributed by atoms with Gasteiger partial charge in [-0.2, -0.15) is 5.10 Å². The number of rotatable bonds is 5. The van der Waals surface area contributed by atoms with E-state index < -0.39 is 0 Å². The molecule has 0 saturated carbocycles. The monoisotopic (exact) mass is 320 g/mol. The molecule has 24 heavy (non-hydrogen) atoms. The summed E-state index contributed by atoms with van der Waals surface area (Å²) in [6, 6.07) is 10.5. The van der Waals surface area contributed by atoms with Crippen LogP contribution >= 0.6 is 0 Å². The maximum Gasteiger partial charge on any atom is 0.128 e. The van der Waals surface area contributed by atoms with E-state index in [4.69, 9.17) is 0 Å². The van der Waals surface area contributed by atoms with Crippen molar-refractivity contribution in [2.45, 2.75) is 19.0 Å². The van der Waals surface area contributed by atoms with Crippen molar-refractivity contribution in [3.8, 4) is 11.3 Å². The molecule has 0 aromatic carbocycles. The van der Waals surface area contributed by atoms with Crippen molar-refractivity contribution in [2.24, 2.45) is 0 Å². The van der Waals surface area contributed by atoms with Gasteiger partial charge in [0.05, 0.1) is 11.9 Å². The van der Waals surface area contributed by atoms with Gasteiger partial charge < -0.3 is 10.2 Å². The second-order valence-electron chi connectivity index (χ2n) is 6.01. The van der Waals surface area contributed by atoms with Crippen molar-refractivity contribution in [2.75, 3.05) is 18.0 Å². The molecule has 1 aliphatic heterocycles. The van der Waals surface area contributed by atoms with Gasteiger partial charge in [0, 0.05) is 55.4 Å². The van der Waals surface area contributed by atoms with Crippen LogP contribution in [-0.4, -0.2) is 39.3 Å². The third kappa shape index (κ3) is 3.14. The lowest BCUT2D eigenvalue weighted by atomic mass is 10.1. The number of hydrogen-bond donors (Lipinski definition) is 2. The van der Waals surface area contributed by atoms with Crippen molar-refractivity contribution < 1.29 is 0 Å². The van der Waals surface area contributed by atoms with Crippen molar-refractivity contribution in [1.82, 2.24) is 25.5 Å². The first-order valence-electron chi connectivity index (χ1n) is 8.22. The molecule has 6 heteroatoms. The molecular weight excluding hydrogens is 300 g/mol. The molecule has 4 rings (SSSR count). The van der Waals surface area contributed by atoms with Crippen LogP contribution in [0.25, 0.3) is 11.3 Å². The van der Waals surface area contributed by atoms with Gasteiger partial charge in [-0.25, -0.2) is 4.98 Å². The number of pyridine rings is 2. The third-order valence-electron chi connectivity index (χ3n) is 4.41. The highest BCUT2D eigenvalue weighted by Gasteiger charge is 2.23. The van der Waals surface area contributed by atoms with Gasteiger partial charge in [-0.1, -0.05) is 6.07 Å². The minimum Gasteiger partial charge on any atom is -0.355 e. The van der Waals surface area contributed by atoms with Gasteiger partial charge in [0.25, 0.3) is 0 Å². The minimum atomic E-state index is 0.462. The Morgan fingerprint density at radius 2 is 2.17 bits per heavy atom. The number of H-pyrrole nitrogens is 1. The Labute approximate surface area is 141 Å². The molecule has 1 unspecified atom stereocenters. The number of aromatic nitrogens is 4. The van der Waals surface area contributed by atoms with Crippen LogP contribution in [0.3, 0.4) is 0 Å². The number of hydrogen-bond acceptors (Lipinski definition) is 5. The van der Waals surface area contributed by atoms with Crippen molar-refractivity contribution in [1.29, 1.82) is 0 Å². The van der Waals surface area contributed by atoms with E-state index in [2.05, 4.69) is 36.4 Å². The first-order chi connectivity index (χ1) is 11.9. The fourth-order valence-corrected chi connectivity index (χ4v) is 3.14. The SMILES string of the molecule is c1ccc(N2CCC(NCc3cn[nH]c3-c3cccnc3)C2)nc1. The predicted octanol–water partition coefficient (Wildman–Crippen LogP) is 2.24. The van der Waals surface area contributed by atoms with Crippen LogP contribution in [0.1, 0.15) is 12.0 Å². The highest BCUT2D eigenvalue weighted by molar-refractivity contribution is 5.61. The molecule has 0 amide bonds. The predicted molar refractivity (Wildman–Crippen MR) is 93.5 cm³/mol. The Bertz CT molecular complexity index is 770. The summed E-state index contributed by atoms with van der Waals surface area (Å²) in [5, 5.41) is 10.9. The third-order valence-corrected chi connectivity index (χ3v) is 4.41. The van der Waals surface area contributed by atoms with Gasteiger partial charge >= 0.3 is 0 Å². The molecule has 0 aliphatic carbocycles. The lowest BCUT2D eigenvalue weighted by Crippen LogP contribution is -2.32. The summed E-state index contributed by atoms with van der Waals surface area (Å²) >= 11 is 0. The second-order valence-corrected chi connectivity index (χ2v) is 6.01. The topological polar surface area (TPSA) is 69.7 Å². The van der Waals surface area contributed by atoms with E-state index in [1.54, 1.807) is 6.20 Å². The average Bonchev–Trinajstić information content (AvgIpc) is 3.31. The second kappa shape index (κ2) is 6.80. The van der Waals surface area contributed by atoms with Crippen LogP contribution in [-0.2, 0) is 6.54 Å². The molecule has 1 aliphatic rings. The zero-order valence-electron chi connectivity index (χ0n) is 13.4. The highest BCUT2D eigenvalue weighted by atomic mass is 15.2. The van der Waals surface area contributed by atoms with Crippen LogP contribution in [0.5, 0.6) is 0 Å². The molecule has 6 nitrogen and oxygen atoms in total. The van der Waals surface area contributed by atoms with E-state index in [1.807, 2.05) is 42.9 Å². The number of anilines is 1. The highest BCUT2D eigenvalue weighted by Crippen LogP contribution is 2.21. The van der Waals surface area contributed by atoms with Crippen LogP contribution < -0.4 is 10.2 Å². The van der Waals surface area contributed by atoms with Gasteiger partial charge in [0.2, 0.25) is 0 Å². The van der Waals surface area contributed by atoms with Crippen molar-refractivity contribution in [3.63, 3.8) is 0 Å². The fraction of sp³-hybridized carbons (Fsp3) is 0.278. The average molecular weight is 320 g/mol. The van der Waals surface area contributed by atoms with Crippen LogP contribution in [0.4, 0.5) is 5.82 Å². The summed E-state index contributed by atoms with van der Waals surface area (Å²) < 4.78 is 0. The number of aromatic amines is 1. The smallest absolute Gasteiger partial charge is 0.128 e. The summed E-state index contributed by atoms with van der Waals surface area (Å²) in [6.07, 6.45) is 8.50. The molecule has 3 aromatic heterocycles. The summed E-state index contributed by atoms with van der Waals surface area (Å²) in [4.78, 5) is 10.9. The standard InChI is InChI=1S/C18H20N6/c1-2-8-20-17(5-1)24-9-6-16(13-24)21-11-15-12-22-23-18(15)14-4-3-7-19-10-14/h1-5,7-8,10,12,16,21H,6,9,11,13H2,(H,22,23). The van der Waals surface area contributed by atoms with Gasteiger partial charge in [-0.05, 0) is 30.7 Å². The normalized spacial score (nSPS) is 17.3. The van der Waals surface area contributed by atoms with Gasteiger partial charge in [-0.15, -0.1) is 0 Å². The maximum absolute atomic E-state index is 4.44. The molecule has 122 valence electrons. The molecule has 0 bridgehead atoms. The van der Waals surface area contributed by atoms with E-state index in [1.165, 1.54) is 5.56 Å². The van der Waals surface area contributed by atoms with E-state index in [0.29, 0.717) is 6.04 Å². The lowest BCUT2D eigenvalue weighted by molar-refractivity contribution is 0.552. The summed E-state index contributed by atoms with van der Waals surface area (Å²) in [5.74, 6) is 1.06. The van der Waals surface area contributed by atoms with E-state index in [0.717, 1.165) is 43.1 Å². The zero-order valence-corrected chi connectivity index (χ0v) is 13.4. The minimum absolute atomic E-state index is 0.462. The summed E-state index contributed by atoms with van der Waals surface area (Å²) in [5.41, 5.74) is 3.27. The Kier molecular flexibility index (Phi) is 4.20. The van der Waals surface area contributed by atoms with E-state index >= 15 is 0 Å². The molecule has 1 atom stereocenters. The van der Waals surface area contributed by atoms with Gasteiger partial charge in [-0.3, -0.25) is 10.1 Å². The molecule has 1 fully saturated rings. The van der Waals surface area contributed by atoms with Crippen LogP contribution in [0.2, 0.25) is 0 Å². The Balaban J connectivity index is 1.38. The van der Waals surface area contributed by atoms with Crippen molar-refractivity contribution in [3.05, 3.63) is 60.7 Å². The van der Waals surface area contributed by atoms with Crippen molar-refractivity contribution >= 4 is 5.82 Å². The molecule has 4 heterocycles. The molecule has 1 saturated heterocycles. The fourth-order valence-electron chi connectivity index (χ4n) is 3.14. The van der Waals surface area contributed by atoms with Crippen LogP contribution in [0, 0.1) is 0 Å². The van der Waals surface area contributed by atoms with E-state index in [9.17, 15) is 0 Å². The lowest BCUT2D eigenvalue weighted by Gasteiger charge is -2.17. The van der Waals surface area contributed by atoms with Gasteiger partial charge in [0.1, 0.15) is 5.82 Å². The molecule has 2 N–H and O–H groups in total. The largest absolute Gasteiger partial charge is 0.355 e. The Morgan fingerprint density at radius 3 is 3.00 bits per heavy atom. The maximum atomic E-state index is 4.44. The van der Waals surface area contributed by atoms with Crippen LogP contribution in [0.15, 0.2) is 55.1 Å². The van der Waals surface area contributed by atoms with E-state index in [-0.39, 0.29) is 0 Å². The Hall–Kier alpha value is -2.73. The number of nitrogens with one attached hydrogen (secondary N) is 2. The quantitative estimate of drug-likeness (QED) is 0.754. The summed E-state index contributed by atoms with van der Waals surface area (Å²) in [6.45, 7) is 2.81.